The Labute approximate surface area is 226 Å². The fourth-order valence-corrected chi connectivity index (χ4v) is 5.57. The van der Waals surface area contributed by atoms with Crippen molar-refractivity contribution >= 4 is 39.6 Å². The number of rotatable bonds is 10. The minimum atomic E-state index is -0.745. The molecule has 0 unspecified atom stereocenters. The number of hydrogen-bond acceptors (Lipinski definition) is 4. The first-order valence-electron chi connectivity index (χ1n) is 12.7. The highest BCUT2D eigenvalue weighted by atomic mass is 79.9. The van der Waals surface area contributed by atoms with Crippen LogP contribution in [0.5, 0.6) is 0 Å². The van der Waals surface area contributed by atoms with E-state index in [9.17, 15) is 19.2 Å². The van der Waals surface area contributed by atoms with Crippen molar-refractivity contribution in [3.8, 4) is 0 Å². The van der Waals surface area contributed by atoms with Crippen molar-refractivity contribution in [2.24, 2.45) is 11.8 Å². The van der Waals surface area contributed by atoms with E-state index in [0.29, 0.717) is 25.8 Å². The zero-order chi connectivity index (χ0) is 26.4. The molecule has 2 aliphatic rings. The molecule has 1 saturated heterocycles. The van der Waals surface area contributed by atoms with Gasteiger partial charge < -0.3 is 10.2 Å². The van der Waals surface area contributed by atoms with Crippen molar-refractivity contribution in [3.05, 3.63) is 82.3 Å². The number of nitrogens with zero attached hydrogens (tertiary/aromatic N) is 2. The number of imide groups is 1. The second-order valence-corrected chi connectivity index (χ2v) is 10.4. The molecule has 1 heterocycles. The van der Waals surface area contributed by atoms with Crippen LogP contribution < -0.4 is 5.32 Å². The van der Waals surface area contributed by atoms with Gasteiger partial charge in [-0.15, -0.1) is 0 Å². The molecule has 0 bridgehead atoms. The molecule has 194 valence electrons. The van der Waals surface area contributed by atoms with Crippen LogP contribution in [0.25, 0.3) is 0 Å². The van der Waals surface area contributed by atoms with E-state index in [2.05, 4.69) is 21.2 Å². The minimum absolute atomic E-state index is 0.0198. The van der Waals surface area contributed by atoms with Gasteiger partial charge in [-0.3, -0.25) is 24.1 Å². The third kappa shape index (κ3) is 6.36. The van der Waals surface area contributed by atoms with Gasteiger partial charge in [-0.25, -0.2) is 0 Å². The summed E-state index contributed by atoms with van der Waals surface area (Å²) in [6, 6.07) is 16.5. The zero-order valence-corrected chi connectivity index (χ0v) is 22.5. The number of carbonyl (C=O) groups is 4. The first-order chi connectivity index (χ1) is 17.9. The molecule has 1 aliphatic carbocycles. The monoisotopic (exact) mass is 565 g/mol. The summed E-state index contributed by atoms with van der Waals surface area (Å²) in [5.41, 5.74) is 1.81. The summed E-state index contributed by atoms with van der Waals surface area (Å²) >= 11 is 3.48. The molecule has 0 saturated carbocycles. The summed E-state index contributed by atoms with van der Waals surface area (Å²) in [7, 11) is 0. The Bertz CT molecular complexity index is 1160. The van der Waals surface area contributed by atoms with E-state index in [1.807, 2.05) is 73.7 Å². The van der Waals surface area contributed by atoms with E-state index in [1.54, 1.807) is 4.90 Å². The normalized spacial score (nSPS) is 19.5. The predicted molar refractivity (Wildman–Crippen MR) is 144 cm³/mol. The van der Waals surface area contributed by atoms with Gasteiger partial charge in [0.15, 0.2) is 0 Å². The van der Waals surface area contributed by atoms with Crippen molar-refractivity contribution in [1.82, 2.24) is 15.1 Å². The molecule has 8 heteroatoms. The van der Waals surface area contributed by atoms with Crippen LogP contribution in [-0.2, 0) is 32.1 Å². The fourth-order valence-electron chi connectivity index (χ4n) is 5.12. The van der Waals surface area contributed by atoms with Crippen molar-refractivity contribution in [3.63, 3.8) is 0 Å². The summed E-state index contributed by atoms with van der Waals surface area (Å²) in [5, 5.41) is 2.88. The number of carbonyl (C=O) groups excluding carboxylic acids is 4. The maximum Gasteiger partial charge on any atom is 0.243 e. The summed E-state index contributed by atoms with van der Waals surface area (Å²) in [4.78, 5) is 55.6. The third-order valence-electron chi connectivity index (χ3n) is 7.01. The van der Waals surface area contributed by atoms with Gasteiger partial charge in [-0.05, 0) is 43.0 Å². The summed E-state index contributed by atoms with van der Waals surface area (Å²) in [6.45, 7) is 2.53. The van der Waals surface area contributed by atoms with Gasteiger partial charge in [0.2, 0.25) is 23.6 Å². The average molecular weight is 566 g/mol. The van der Waals surface area contributed by atoms with Crippen molar-refractivity contribution in [2.45, 2.75) is 45.2 Å². The van der Waals surface area contributed by atoms with E-state index in [-0.39, 0.29) is 55.0 Å². The Kier molecular flexibility index (Phi) is 8.92. The largest absolute Gasteiger partial charge is 0.355 e. The average Bonchev–Trinajstić information content (AvgIpc) is 3.14. The van der Waals surface area contributed by atoms with Gasteiger partial charge in [-0.1, -0.05) is 70.5 Å². The van der Waals surface area contributed by atoms with Crippen LogP contribution in [0.1, 0.15) is 37.3 Å². The van der Waals surface area contributed by atoms with Crippen LogP contribution in [-0.4, -0.2) is 52.6 Å². The smallest absolute Gasteiger partial charge is 0.243 e. The van der Waals surface area contributed by atoms with Crippen LogP contribution >= 0.6 is 15.9 Å². The Morgan fingerprint density at radius 3 is 2.27 bits per heavy atom. The van der Waals surface area contributed by atoms with Crippen molar-refractivity contribution < 1.29 is 19.2 Å². The second kappa shape index (κ2) is 12.3. The van der Waals surface area contributed by atoms with Gasteiger partial charge in [-0.2, -0.15) is 0 Å². The van der Waals surface area contributed by atoms with Crippen LogP contribution in [0.3, 0.4) is 0 Å². The van der Waals surface area contributed by atoms with Gasteiger partial charge in [0.1, 0.15) is 6.04 Å². The van der Waals surface area contributed by atoms with E-state index < -0.39 is 6.04 Å². The summed E-state index contributed by atoms with van der Waals surface area (Å²) < 4.78 is 0.875. The van der Waals surface area contributed by atoms with Crippen LogP contribution in [0.15, 0.2) is 71.2 Å². The second-order valence-electron chi connectivity index (χ2n) is 9.49. The highest BCUT2D eigenvalue weighted by Crippen LogP contribution is 2.35. The van der Waals surface area contributed by atoms with Crippen molar-refractivity contribution in [2.75, 3.05) is 13.1 Å². The lowest BCUT2D eigenvalue weighted by molar-refractivity contribution is -0.144. The van der Waals surface area contributed by atoms with Gasteiger partial charge >= 0.3 is 0 Å². The molecule has 4 amide bonds. The number of likely N-dealkylation sites (tertiary alicyclic amines) is 1. The third-order valence-corrected chi connectivity index (χ3v) is 7.51. The molecule has 1 aliphatic heterocycles. The highest BCUT2D eigenvalue weighted by Gasteiger charge is 2.47. The molecule has 0 spiro atoms. The SMILES string of the molecule is CCNC(=O)[C@@H](Cc1ccccc1)N(Cc1cccc(Br)c1)C(=O)CCN1C(=O)[C@H]2CC=CC[C@H]2C1=O. The number of halogens is 1. The highest BCUT2D eigenvalue weighted by molar-refractivity contribution is 9.10. The molecule has 2 aromatic rings. The first-order valence-corrected chi connectivity index (χ1v) is 13.5. The van der Waals surface area contributed by atoms with Gasteiger partial charge in [0.05, 0.1) is 11.8 Å². The zero-order valence-electron chi connectivity index (χ0n) is 20.9. The molecular weight excluding hydrogens is 534 g/mol. The molecule has 3 atom stereocenters. The molecule has 0 aromatic heterocycles. The number of hydrogen-bond donors (Lipinski definition) is 1. The summed E-state index contributed by atoms with van der Waals surface area (Å²) in [6.07, 6.45) is 5.32. The lowest BCUT2D eigenvalue weighted by Crippen LogP contribution is -2.51. The standard InChI is InChI=1S/C29H32BrN3O4/c1-2-31-27(35)25(18-20-9-4-3-5-10-20)33(19-21-11-8-12-22(30)17-21)26(34)15-16-32-28(36)23-13-6-7-14-24(23)29(32)37/h3-12,17,23-25H,2,13-16,18-19H2,1H3,(H,31,35)/t23-,24+,25-/m1/s1. The maximum absolute atomic E-state index is 13.7. The Morgan fingerprint density at radius 1 is 1.00 bits per heavy atom. The van der Waals surface area contributed by atoms with Crippen LogP contribution in [0.2, 0.25) is 0 Å². The lowest BCUT2D eigenvalue weighted by Gasteiger charge is -2.32. The quantitative estimate of drug-likeness (QED) is 0.350. The molecule has 37 heavy (non-hydrogen) atoms. The van der Waals surface area contributed by atoms with Crippen molar-refractivity contribution in [1.29, 1.82) is 0 Å². The predicted octanol–water partition coefficient (Wildman–Crippen LogP) is 3.87. The lowest BCUT2D eigenvalue weighted by atomic mass is 9.85. The Balaban J connectivity index is 1.57. The van der Waals surface area contributed by atoms with Crippen LogP contribution in [0.4, 0.5) is 0 Å². The topological polar surface area (TPSA) is 86.8 Å². The van der Waals surface area contributed by atoms with Gasteiger partial charge in [0.25, 0.3) is 0 Å². The number of fused-ring (bicyclic) bond motifs is 1. The first kappa shape index (κ1) is 26.8. The van der Waals surface area contributed by atoms with E-state index in [4.69, 9.17) is 0 Å². The Hall–Kier alpha value is -3.26. The molecule has 2 aromatic carbocycles. The fraction of sp³-hybridized carbons (Fsp3) is 0.379. The minimum Gasteiger partial charge on any atom is -0.355 e. The molecule has 1 fully saturated rings. The summed E-state index contributed by atoms with van der Waals surface area (Å²) in [5.74, 6) is -1.57. The molecule has 0 radical (unpaired) electrons. The molecule has 4 rings (SSSR count). The maximum atomic E-state index is 13.7. The Morgan fingerprint density at radius 2 is 1.65 bits per heavy atom. The molecule has 1 N–H and O–H groups in total. The van der Waals surface area contributed by atoms with Gasteiger partial charge in [0, 0.05) is 36.9 Å². The number of allylic oxidation sites excluding steroid dienone is 2. The number of likely N-dealkylation sites (N-methyl/N-ethyl adjacent to an activating group) is 1. The van der Waals surface area contributed by atoms with Crippen LogP contribution in [0, 0.1) is 11.8 Å². The van der Waals surface area contributed by atoms with E-state index in [1.165, 1.54) is 4.90 Å². The number of amides is 4. The van der Waals surface area contributed by atoms with E-state index >= 15 is 0 Å². The number of nitrogens with one attached hydrogen (secondary N) is 1. The molecule has 7 nitrogen and oxygen atoms in total. The van der Waals surface area contributed by atoms with E-state index in [0.717, 1.165) is 15.6 Å². The molecular formula is C29H32BrN3O4. The number of benzene rings is 2.